The van der Waals surface area contributed by atoms with Crippen LogP contribution < -0.4 is 9.47 Å². The molecule has 0 bridgehead atoms. The van der Waals surface area contributed by atoms with Crippen LogP contribution in [0.4, 0.5) is 13.2 Å². The predicted molar refractivity (Wildman–Crippen MR) is 136 cm³/mol. The van der Waals surface area contributed by atoms with E-state index < -0.39 is 12.5 Å². The molecule has 2 aromatic carbocycles. The fourth-order valence-electron chi connectivity index (χ4n) is 4.36. The van der Waals surface area contributed by atoms with Crippen LogP contribution in [0.3, 0.4) is 0 Å². The Morgan fingerprint density at radius 2 is 1.74 bits per heavy atom. The molecule has 0 spiro atoms. The predicted octanol–water partition coefficient (Wildman–Crippen LogP) is 4.72. The summed E-state index contributed by atoms with van der Waals surface area (Å²) in [6, 6.07) is 13.1. The maximum Gasteiger partial charge on any atom is 0.573 e. The number of nitrogens with zero attached hydrogens (tertiary/aromatic N) is 4. The van der Waals surface area contributed by atoms with Crippen molar-refractivity contribution >= 4 is 21.6 Å². The van der Waals surface area contributed by atoms with Crippen molar-refractivity contribution in [2.75, 3.05) is 39.3 Å². The second-order valence-corrected chi connectivity index (χ2v) is 10.4. The van der Waals surface area contributed by atoms with Crippen LogP contribution in [-0.4, -0.2) is 76.8 Å². The Kier molecular flexibility index (Phi) is 7.84. The van der Waals surface area contributed by atoms with E-state index in [0.717, 1.165) is 41.4 Å². The van der Waals surface area contributed by atoms with Gasteiger partial charge in [0.25, 0.3) is 0 Å². The van der Waals surface area contributed by atoms with Crippen LogP contribution in [-0.2, 0) is 6.54 Å². The number of β-amino-alcohol motifs (C(OH)–C–C–N with tert-alkyl or cyclic N) is 1. The Morgan fingerprint density at radius 1 is 1.03 bits per heavy atom. The molecule has 202 valence electrons. The topological polar surface area (TPSA) is 84.1 Å². The minimum Gasteiger partial charge on any atom is -0.491 e. The van der Waals surface area contributed by atoms with Gasteiger partial charge in [-0.05, 0) is 43.3 Å². The van der Waals surface area contributed by atoms with Crippen molar-refractivity contribution < 1.29 is 32.3 Å². The van der Waals surface area contributed by atoms with Crippen LogP contribution in [0.15, 0.2) is 53.1 Å². The van der Waals surface area contributed by atoms with Gasteiger partial charge < -0.3 is 19.1 Å². The molecule has 1 aliphatic heterocycles. The number of aryl methyl sites for hydroxylation is 1. The summed E-state index contributed by atoms with van der Waals surface area (Å²) in [4.78, 5) is 8.91. The minimum absolute atomic E-state index is 0.207. The number of hydrogen-bond acceptors (Lipinski definition) is 9. The van der Waals surface area contributed by atoms with E-state index in [1.165, 1.54) is 24.3 Å². The van der Waals surface area contributed by atoms with Crippen molar-refractivity contribution in [1.29, 1.82) is 0 Å². The first kappa shape index (κ1) is 26.4. The van der Waals surface area contributed by atoms with Gasteiger partial charge in [0.15, 0.2) is 5.76 Å². The van der Waals surface area contributed by atoms with E-state index in [0.29, 0.717) is 35.9 Å². The highest BCUT2D eigenvalue weighted by Gasteiger charge is 2.31. The lowest BCUT2D eigenvalue weighted by Crippen LogP contribution is -2.48. The van der Waals surface area contributed by atoms with Crippen molar-refractivity contribution in [3.63, 3.8) is 0 Å². The Morgan fingerprint density at radius 3 is 2.47 bits per heavy atom. The summed E-state index contributed by atoms with van der Waals surface area (Å²) in [6.07, 6.45) is -5.34. The number of fused-ring (bicyclic) bond motifs is 1. The molecule has 1 fully saturated rings. The van der Waals surface area contributed by atoms with Crippen LogP contribution in [0.1, 0.15) is 10.8 Å². The number of piperazine rings is 1. The van der Waals surface area contributed by atoms with Crippen LogP contribution in [0.2, 0.25) is 0 Å². The summed E-state index contributed by atoms with van der Waals surface area (Å²) in [5.41, 5.74) is 2.09. The van der Waals surface area contributed by atoms with Gasteiger partial charge in [-0.15, -0.1) is 24.5 Å². The third-order valence-corrected chi connectivity index (χ3v) is 7.12. The number of halogens is 3. The van der Waals surface area contributed by atoms with Crippen molar-refractivity contribution in [3.05, 3.63) is 59.3 Å². The molecule has 8 nitrogen and oxygen atoms in total. The van der Waals surface area contributed by atoms with E-state index in [2.05, 4.69) is 24.7 Å². The van der Waals surface area contributed by atoms with Crippen LogP contribution in [0.5, 0.6) is 11.5 Å². The highest BCUT2D eigenvalue weighted by Crippen LogP contribution is 2.27. The van der Waals surface area contributed by atoms with E-state index in [1.807, 2.05) is 25.1 Å². The molecule has 5 rings (SSSR count). The van der Waals surface area contributed by atoms with Gasteiger partial charge in [0.2, 0.25) is 0 Å². The second kappa shape index (κ2) is 11.3. The second-order valence-electron chi connectivity index (χ2n) is 9.15. The number of thiazole rings is 1. The molecule has 0 unspecified atom stereocenters. The Balaban J connectivity index is 1.05. The maximum absolute atomic E-state index is 12.3. The van der Waals surface area contributed by atoms with Crippen molar-refractivity contribution in [2.24, 2.45) is 0 Å². The largest absolute Gasteiger partial charge is 0.573 e. The molecule has 1 saturated heterocycles. The van der Waals surface area contributed by atoms with E-state index in [4.69, 9.17) is 9.26 Å². The lowest BCUT2D eigenvalue weighted by atomic mass is 10.1. The average Bonchev–Trinajstić information content (AvgIpc) is 3.48. The summed E-state index contributed by atoms with van der Waals surface area (Å²) < 4.78 is 53.3. The molecule has 1 atom stereocenters. The molecule has 1 N–H and O–H groups in total. The number of aliphatic hydroxyl groups is 1. The molecule has 2 aromatic heterocycles. The molecule has 0 aliphatic carbocycles. The zero-order valence-electron chi connectivity index (χ0n) is 20.6. The Labute approximate surface area is 221 Å². The summed E-state index contributed by atoms with van der Waals surface area (Å²) in [5, 5.41) is 15.5. The molecule has 12 heteroatoms. The fourth-order valence-corrected chi connectivity index (χ4v) is 5.16. The lowest BCUT2D eigenvalue weighted by Gasteiger charge is -2.35. The number of aromatic nitrogens is 2. The SMILES string of the molecule is Cc1nc2cc(OC[C@H](O)CN3CCN(Cc4cc(-c5ccc(OC(F)(F)F)cc5)no4)CC3)ccc2s1. The number of alkyl halides is 3. The van der Waals surface area contributed by atoms with Gasteiger partial charge in [-0.2, -0.15) is 0 Å². The third kappa shape index (κ3) is 7.01. The monoisotopic (exact) mass is 548 g/mol. The van der Waals surface area contributed by atoms with Crippen LogP contribution in [0.25, 0.3) is 21.5 Å². The molecule has 0 radical (unpaired) electrons. The molecule has 4 aromatic rings. The van der Waals surface area contributed by atoms with E-state index in [-0.39, 0.29) is 12.4 Å². The van der Waals surface area contributed by atoms with Gasteiger partial charge in [-0.1, -0.05) is 5.16 Å². The number of ether oxygens (including phenoxy) is 2. The van der Waals surface area contributed by atoms with E-state index in [1.54, 1.807) is 17.4 Å². The van der Waals surface area contributed by atoms with Crippen LogP contribution in [0, 0.1) is 6.92 Å². The Hall–Kier alpha value is -3.19. The van der Waals surface area contributed by atoms with Crippen LogP contribution >= 0.6 is 11.3 Å². The number of hydrogen-bond donors (Lipinski definition) is 1. The standard InChI is InChI=1S/C26H27F3N4O4S/c1-17-30-24-12-21(6-7-25(24)38-17)35-16-19(34)14-32-8-10-33(11-9-32)15-22-13-23(31-37-22)18-2-4-20(5-3-18)36-26(27,28)29/h2-7,12-13,19,34H,8-11,14-16H2,1H3/t19-/m1/s1. The Bertz CT molecular complexity index is 1350. The zero-order chi connectivity index (χ0) is 26.7. The average molecular weight is 549 g/mol. The smallest absolute Gasteiger partial charge is 0.491 e. The highest BCUT2D eigenvalue weighted by atomic mass is 32.1. The molecule has 3 heterocycles. The van der Waals surface area contributed by atoms with Gasteiger partial charge in [-0.3, -0.25) is 9.80 Å². The van der Waals surface area contributed by atoms with Gasteiger partial charge >= 0.3 is 6.36 Å². The lowest BCUT2D eigenvalue weighted by molar-refractivity contribution is -0.274. The molecular formula is C26H27F3N4O4S. The van der Waals surface area contributed by atoms with E-state index in [9.17, 15) is 18.3 Å². The van der Waals surface area contributed by atoms with Gasteiger partial charge in [0.05, 0.1) is 21.8 Å². The maximum atomic E-state index is 12.3. The molecule has 0 saturated carbocycles. The summed E-state index contributed by atoms with van der Waals surface area (Å²) in [5.74, 6) is 1.08. The molecule has 1 aliphatic rings. The van der Waals surface area contributed by atoms with Gasteiger partial charge in [-0.25, -0.2) is 4.98 Å². The van der Waals surface area contributed by atoms with Gasteiger partial charge in [0, 0.05) is 50.4 Å². The van der Waals surface area contributed by atoms with Crippen molar-refractivity contribution in [1.82, 2.24) is 19.9 Å². The van der Waals surface area contributed by atoms with Crippen molar-refractivity contribution in [2.45, 2.75) is 25.9 Å². The minimum atomic E-state index is -4.73. The fraction of sp³-hybridized carbons (Fsp3) is 0.385. The number of benzene rings is 2. The normalized spacial score (nSPS) is 16.1. The number of rotatable bonds is 9. The van der Waals surface area contributed by atoms with Gasteiger partial charge in [0.1, 0.15) is 29.9 Å². The molecule has 0 amide bonds. The molecular weight excluding hydrogens is 521 g/mol. The summed E-state index contributed by atoms with van der Waals surface area (Å²) in [6.45, 7) is 6.46. The highest BCUT2D eigenvalue weighted by molar-refractivity contribution is 7.18. The summed E-state index contributed by atoms with van der Waals surface area (Å²) >= 11 is 1.64. The first-order valence-electron chi connectivity index (χ1n) is 12.1. The van der Waals surface area contributed by atoms with E-state index >= 15 is 0 Å². The van der Waals surface area contributed by atoms with Crippen molar-refractivity contribution in [3.8, 4) is 22.8 Å². The zero-order valence-corrected chi connectivity index (χ0v) is 21.5. The quantitative estimate of drug-likeness (QED) is 0.322. The summed E-state index contributed by atoms with van der Waals surface area (Å²) in [7, 11) is 0. The molecule has 38 heavy (non-hydrogen) atoms. The third-order valence-electron chi connectivity index (χ3n) is 6.16. The first-order chi connectivity index (χ1) is 18.2. The number of aliphatic hydroxyl groups excluding tert-OH is 1. The first-order valence-corrected chi connectivity index (χ1v) is 13.0.